The number of hydrogen-bond donors (Lipinski definition) is 0. The van der Waals surface area contributed by atoms with E-state index in [9.17, 15) is 14.9 Å². The van der Waals surface area contributed by atoms with Crippen LogP contribution in [0.4, 0.5) is 0 Å². The van der Waals surface area contributed by atoms with Gasteiger partial charge in [-0.05, 0) is 19.1 Å². The molecule has 1 aromatic heterocycles. The van der Waals surface area contributed by atoms with Crippen molar-refractivity contribution >= 4 is 11.9 Å². The lowest BCUT2D eigenvalue weighted by atomic mass is 10.1. The van der Waals surface area contributed by atoms with Crippen LogP contribution in [0, 0.1) is 10.1 Å². The number of allylic oxidation sites excluding steroid dienone is 1. The first-order valence-electron chi connectivity index (χ1n) is 6.01. The number of rotatable bonds is 4. The average Bonchev–Trinajstić information content (AvgIpc) is 2.87. The molecule has 0 aliphatic carbocycles. The first kappa shape index (κ1) is 13.7. The summed E-state index contributed by atoms with van der Waals surface area (Å²) in [5.74, 6) is 1.02. The maximum absolute atomic E-state index is 11.2. The molecule has 2 aromatic rings. The van der Waals surface area contributed by atoms with Gasteiger partial charge in [-0.25, -0.2) is 0 Å². The summed E-state index contributed by atoms with van der Waals surface area (Å²) in [6.45, 7) is 2.91. The van der Waals surface area contributed by atoms with Gasteiger partial charge in [0.25, 0.3) is 0 Å². The topological polar surface area (TPSA) is 73.3 Å². The SMILES string of the molecule is CC(=O)c1ccc(-c2ccc(/C=C(\C)[N+](=O)[O-])o2)cc1. The van der Waals surface area contributed by atoms with Crippen molar-refractivity contribution in [2.45, 2.75) is 13.8 Å². The van der Waals surface area contributed by atoms with Crippen LogP contribution in [0.15, 0.2) is 46.5 Å². The number of furan rings is 1. The van der Waals surface area contributed by atoms with E-state index < -0.39 is 4.92 Å². The predicted molar refractivity (Wildman–Crippen MR) is 74.8 cm³/mol. The molecule has 0 unspecified atom stereocenters. The highest BCUT2D eigenvalue weighted by molar-refractivity contribution is 5.94. The van der Waals surface area contributed by atoms with Gasteiger partial charge in [0.05, 0.1) is 11.0 Å². The smallest absolute Gasteiger partial charge is 0.246 e. The highest BCUT2D eigenvalue weighted by Gasteiger charge is 2.08. The summed E-state index contributed by atoms with van der Waals surface area (Å²) < 4.78 is 5.53. The van der Waals surface area contributed by atoms with Crippen LogP contribution in [-0.2, 0) is 0 Å². The first-order chi connectivity index (χ1) is 9.47. The summed E-state index contributed by atoms with van der Waals surface area (Å²) >= 11 is 0. The summed E-state index contributed by atoms with van der Waals surface area (Å²) in [4.78, 5) is 21.3. The summed E-state index contributed by atoms with van der Waals surface area (Å²) in [5.41, 5.74) is 1.45. The van der Waals surface area contributed by atoms with Crippen LogP contribution in [0.25, 0.3) is 17.4 Å². The van der Waals surface area contributed by atoms with Gasteiger partial charge >= 0.3 is 0 Å². The van der Waals surface area contributed by atoms with E-state index in [0.29, 0.717) is 17.1 Å². The second-order valence-corrected chi connectivity index (χ2v) is 4.38. The van der Waals surface area contributed by atoms with E-state index in [1.54, 1.807) is 36.4 Å². The van der Waals surface area contributed by atoms with E-state index in [-0.39, 0.29) is 11.5 Å². The van der Waals surface area contributed by atoms with Gasteiger partial charge in [0, 0.05) is 18.1 Å². The maximum atomic E-state index is 11.2. The number of carbonyl (C=O) groups is 1. The monoisotopic (exact) mass is 271 g/mol. The van der Waals surface area contributed by atoms with Gasteiger partial charge in [-0.15, -0.1) is 0 Å². The van der Waals surface area contributed by atoms with E-state index in [4.69, 9.17) is 4.42 Å². The lowest BCUT2D eigenvalue weighted by Crippen LogP contribution is -1.92. The Kier molecular flexibility index (Phi) is 3.79. The van der Waals surface area contributed by atoms with Crippen molar-refractivity contribution in [2.75, 3.05) is 0 Å². The van der Waals surface area contributed by atoms with Crippen LogP contribution in [0.1, 0.15) is 30.0 Å². The van der Waals surface area contributed by atoms with Gasteiger partial charge < -0.3 is 4.42 Å². The lowest BCUT2D eigenvalue weighted by Gasteiger charge is -1.98. The van der Waals surface area contributed by atoms with Gasteiger partial charge in [-0.1, -0.05) is 24.3 Å². The van der Waals surface area contributed by atoms with Crippen molar-refractivity contribution in [1.82, 2.24) is 0 Å². The molecule has 0 atom stereocenters. The minimum atomic E-state index is -0.468. The van der Waals surface area contributed by atoms with E-state index >= 15 is 0 Å². The van der Waals surface area contributed by atoms with Gasteiger partial charge in [0.15, 0.2) is 5.78 Å². The van der Waals surface area contributed by atoms with Gasteiger partial charge in [-0.2, -0.15) is 0 Å². The molecule has 0 fully saturated rings. The zero-order valence-electron chi connectivity index (χ0n) is 11.1. The van der Waals surface area contributed by atoms with Crippen molar-refractivity contribution < 1.29 is 14.1 Å². The number of benzene rings is 1. The fraction of sp³-hybridized carbons (Fsp3) is 0.133. The Morgan fingerprint density at radius 1 is 1.15 bits per heavy atom. The molecule has 0 saturated heterocycles. The molecule has 0 spiro atoms. The number of ketones is 1. The quantitative estimate of drug-likeness (QED) is 0.481. The third-order valence-corrected chi connectivity index (χ3v) is 2.84. The normalized spacial score (nSPS) is 11.4. The molecule has 1 aromatic carbocycles. The minimum Gasteiger partial charge on any atom is -0.456 e. The number of carbonyl (C=O) groups excluding carboxylic acids is 1. The first-order valence-corrected chi connectivity index (χ1v) is 6.01. The van der Waals surface area contributed by atoms with Crippen LogP contribution in [0.3, 0.4) is 0 Å². The zero-order chi connectivity index (χ0) is 14.7. The molecule has 1 heterocycles. The molecule has 0 radical (unpaired) electrons. The molecule has 102 valence electrons. The predicted octanol–water partition coefficient (Wildman–Crippen LogP) is 3.79. The fourth-order valence-electron chi connectivity index (χ4n) is 1.71. The number of nitrogens with zero attached hydrogens (tertiary/aromatic N) is 1. The second kappa shape index (κ2) is 5.52. The standard InChI is InChI=1S/C15H13NO4/c1-10(16(18)19)9-14-7-8-15(20-14)13-5-3-12(4-6-13)11(2)17/h3-9H,1-2H3/b10-9+. The Hall–Kier alpha value is -2.69. The van der Waals surface area contributed by atoms with Gasteiger partial charge in [0.1, 0.15) is 11.5 Å². The van der Waals surface area contributed by atoms with E-state index in [2.05, 4.69) is 0 Å². The molecule has 0 saturated carbocycles. The van der Waals surface area contributed by atoms with Crippen molar-refractivity contribution in [3.8, 4) is 11.3 Å². The Balaban J connectivity index is 2.27. The highest BCUT2D eigenvalue weighted by atomic mass is 16.6. The molecule has 0 aliphatic rings. The summed E-state index contributed by atoms with van der Waals surface area (Å²) in [6, 6.07) is 10.4. The summed E-state index contributed by atoms with van der Waals surface area (Å²) in [6.07, 6.45) is 1.37. The lowest BCUT2D eigenvalue weighted by molar-refractivity contribution is -0.422. The average molecular weight is 271 g/mol. The molecular weight excluding hydrogens is 258 g/mol. The van der Waals surface area contributed by atoms with Gasteiger partial charge in [-0.3, -0.25) is 14.9 Å². The molecular formula is C15H13NO4. The highest BCUT2D eigenvalue weighted by Crippen LogP contribution is 2.24. The zero-order valence-corrected chi connectivity index (χ0v) is 11.1. The van der Waals surface area contributed by atoms with E-state index in [0.717, 1.165) is 5.56 Å². The van der Waals surface area contributed by atoms with Crippen molar-refractivity contribution in [3.05, 3.63) is 63.5 Å². The Labute approximate surface area is 115 Å². The molecule has 0 N–H and O–H groups in total. The Morgan fingerprint density at radius 2 is 1.80 bits per heavy atom. The van der Waals surface area contributed by atoms with E-state index in [1.807, 2.05) is 0 Å². The third kappa shape index (κ3) is 3.00. The Morgan fingerprint density at radius 3 is 2.35 bits per heavy atom. The van der Waals surface area contributed by atoms with Crippen molar-refractivity contribution in [3.63, 3.8) is 0 Å². The largest absolute Gasteiger partial charge is 0.456 e. The van der Waals surface area contributed by atoms with Crippen LogP contribution in [0.5, 0.6) is 0 Å². The fourth-order valence-corrected chi connectivity index (χ4v) is 1.71. The number of Topliss-reactive ketones (excluding diaryl/α,β-unsaturated/α-hetero) is 1. The maximum Gasteiger partial charge on any atom is 0.246 e. The minimum absolute atomic E-state index is 0.00113. The van der Waals surface area contributed by atoms with Crippen molar-refractivity contribution in [2.24, 2.45) is 0 Å². The molecule has 0 aliphatic heterocycles. The van der Waals surface area contributed by atoms with Crippen LogP contribution in [-0.4, -0.2) is 10.7 Å². The van der Waals surface area contributed by atoms with Crippen LogP contribution < -0.4 is 0 Å². The van der Waals surface area contributed by atoms with Crippen molar-refractivity contribution in [1.29, 1.82) is 0 Å². The van der Waals surface area contributed by atoms with E-state index in [1.165, 1.54) is 19.9 Å². The molecule has 20 heavy (non-hydrogen) atoms. The number of hydrogen-bond acceptors (Lipinski definition) is 4. The molecule has 0 bridgehead atoms. The number of nitro groups is 1. The molecule has 5 heteroatoms. The van der Waals surface area contributed by atoms with Crippen LogP contribution in [0.2, 0.25) is 0 Å². The van der Waals surface area contributed by atoms with Crippen LogP contribution >= 0.6 is 0 Å². The second-order valence-electron chi connectivity index (χ2n) is 4.38. The molecule has 2 rings (SSSR count). The third-order valence-electron chi connectivity index (χ3n) is 2.84. The Bertz CT molecular complexity index is 680. The van der Waals surface area contributed by atoms with Gasteiger partial charge in [0.2, 0.25) is 5.70 Å². The summed E-state index contributed by atoms with van der Waals surface area (Å²) in [7, 11) is 0. The molecule has 5 nitrogen and oxygen atoms in total. The molecule has 0 amide bonds. The summed E-state index contributed by atoms with van der Waals surface area (Å²) in [5, 5.41) is 10.5.